The lowest BCUT2D eigenvalue weighted by atomic mass is 10.2. The van der Waals surface area contributed by atoms with Crippen molar-refractivity contribution in [2.24, 2.45) is 0 Å². The maximum atomic E-state index is 13.6. The summed E-state index contributed by atoms with van der Waals surface area (Å²) in [6, 6.07) is 12.9. The Labute approximate surface area is 134 Å². The second kappa shape index (κ2) is 7.05. The molecule has 0 aromatic heterocycles. The fraction of sp³-hybridized carbons (Fsp3) is 0.125. The van der Waals surface area contributed by atoms with Gasteiger partial charge in [-0.3, -0.25) is 0 Å². The molecule has 0 bridgehead atoms. The molecule has 116 valence electrons. The first kappa shape index (κ1) is 16.7. The Morgan fingerprint density at radius 3 is 2.41 bits per heavy atom. The second-order valence-electron chi connectivity index (χ2n) is 4.75. The minimum absolute atomic E-state index is 0.0278. The van der Waals surface area contributed by atoms with E-state index < -0.39 is 15.8 Å². The SMILES string of the molecule is CN(Cc1ccccc1F)S(=O)(=O)C=Cc1ccc(Cl)cc1. The van der Waals surface area contributed by atoms with Gasteiger partial charge in [0.05, 0.1) is 0 Å². The van der Waals surface area contributed by atoms with E-state index in [4.69, 9.17) is 11.6 Å². The van der Waals surface area contributed by atoms with Crippen LogP contribution in [0.3, 0.4) is 0 Å². The summed E-state index contributed by atoms with van der Waals surface area (Å²) in [5, 5.41) is 1.67. The molecule has 3 nitrogen and oxygen atoms in total. The van der Waals surface area contributed by atoms with Gasteiger partial charge in [-0.1, -0.05) is 41.9 Å². The van der Waals surface area contributed by atoms with E-state index in [0.29, 0.717) is 16.1 Å². The first-order valence-electron chi connectivity index (χ1n) is 6.52. The quantitative estimate of drug-likeness (QED) is 0.828. The van der Waals surface area contributed by atoms with Crippen molar-refractivity contribution in [3.05, 3.63) is 75.9 Å². The van der Waals surface area contributed by atoms with Gasteiger partial charge in [-0.25, -0.2) is 12.8 Å². The Balaban J connectivity index is 2.12. The van der Waals surface area contributed by atoms with E-state index in [1.165, 1.54) is 19.2 Å². The molecule has 2 aromatic rings. The van der Waals surface area contributed by atoms with Crippen molar-refractivity contribution >= 4 is 27.7 Å². The normalized spacial score (nSPS) is 12.2. The predicted octanol–water partition coefficient (Wildman–Crippen LogP) is 3.91. The van der Waals surface area contributed by atoms with Gasteiger partial charge < -0.3 is 0 Å². The van der Waals surface area contributed by atoms with Gasteiger partial charge in [-0.2, -0.15) is 4.31 Å². The molecule has 0 atom stereocenters. The zero-order valence-corrected chi connectivity index (χ0v) is 13.5. The summed E-state index contributed by atoms with van der Waals surface area (Å²) >= 11 is 5.77. The molecule has 0 aliphatic carbocycles. The average molecular weight is 340 g/mol. The third-order valence-electron chi connectivity index (χ3n) is 3.09. The van der Waals surface area contributed by atoms with Crippen molar-refractivity contribution in [1.29, 1.82) is 0 Å². The standard InChI is InChI=1S/C16H15ClFNO2S/c1-19(12-14-4-2-3-5-16(14)18)22(20,21)11-10-13-6-8-15(17)9-7-13/h2-11H,12H2,1H3. The van der Waals surface area contributed by atoms with Crippen molar-refractivity contribution in [3.8, 4) is 0 Å². The van der Waals surface area contributed by atoms with Crippen LogP contribution in [0.15, 0.2) is 53.9 Å². The topological polar surface area (TPSA) is 37.4 Å². The molecule has 0 aliphatic heterocycles. The number of sulfonamides is 1. The zero-order chi connectivity index (χ0) is 16.2. The maximum Gasteiger partial charge on any atom is 0.236 e. The number of rotatable bonds is 5. The van der Waals surface area contributed by atoms with Crippen LogP contribution < -0.4 is 0 Å². The molecular formula is C16H15ClFNO2S. The van der Waals surface area contributed by atoms with Crippen molar-refractivity contribution in [1.82, 2.24) is 4.31 Å². The van der Waals surface area contributed by atoms with Crippen LogP contribution in [0.5, 0.6) is 0 Å². The van der Waals surface area contributed by atoms with E-state index >= 15 is 0 Å². The van der Waals surface area contributed by atoms with Gasteiger partial charge in [0.15, 0.2) is 0 Å². The summed E-state index contributed by atoms with van der Waals surface area (Å²) in [5.74, 6) is -0.425. The molecule has 2 rings (SSSR count). The Hall–Kier alpha value is -1.69. The van der Waals surface area contributed by atoms with Crippen molar-refractivity contribution < 1.29 is 12.8 Å². The van der Waals surface area contributed by atoms with Gasteiger partial charge in [0.2, 0.25) is 10.0 Å². The Kier molecular flexibility index (Phi) is 5.34. The highest BCUT2D eigenvalue weighted by atomic mass is 35.5. The predicted molar refractivity (Wildman–Crippen MR) is 87.3 cm³/mol. The van der Waals surface area contributed by atoms with E-state index in [0.717, 1.165) is 9.71 Å². The van der Waals surface area contributed by atoms with E-state index in [1.807, 2.05) is 0 Å². The second-order valence-corrected chi connectivity index (χ2v) is 7.11. The van der Waals surface area contributed by atoms with Gasteiger partial charge in [0.25, 0.3) is 0 Å². The van der Waals surface area contributed by atoms with E-state index in [2.05, 4.69) is 0 Å². The number of hydrogen-bond donors (Lipinski definition) is 0. The molecule has 0 spiro atoms. The van der Waals surface area contributed by atoms with Gasteiger partial charge >= 0.3 is 0 Å². The summed E-state index contributed by atoms with van der Waals surface area (Å²) in [4.78, 5) is 0. The van der Waals surface area contributed by atoms with E-state index in [-0.39, 0.29) is 6.54 Å². The monoisotopic (exact) mass is 339 g/mol. The molecule has 0 heterocycles. The first-order chi connectivity index (χ1) is 10.4. The van der Waals surface area contributed by atoms with Crippen molar-refractivity contribution in [2.75, 3.05) is 7.05 Å². The van der Waals surface area contributed by atoms with Gasteiger partial charge in [-0.15, -0.1) is 0 Å². The Bertz CT molecular complexity index is 773. The van der Waals surface area contributed by atoms with Gasteiger partial charge in [0.1, 0.15) is 5.82 Å². The molecule has 0 radical (unpaired) electrons. The first-order valence-corrected chi connectivity index (χ1v) is 8.40. The van der Waals surface area contributed by atoms with Crippen LogP contribution in [0.1, 0.15) is 11.1 Å². The molecule has 6 heteroatoms. The molecule has 0 saturated carbocycles. The average Bonchev–Trinajstić information content (AvgIpc) is 2.49. The van der Waals surface area contributed by atoms with Crippen molar-refractivity contribution in [2.45, 2.75) is 6.54 Å². The van der Waals surface area contributed by atoms with Gasteiger partial charge in [0, 0.05) is 29.6 Å². The highest BCUT2D eigenvalue weighted by Gasteiger charge is 2.16. The smallest absolute Gasteiger partial charge is 0.208 e. The fourth-order valence-electron chi connectivity index (χ4n) is 1.80. The van der Waals surface area contributed by atoms with Crippen LogP contribution >= 0.6 is 11.6 Å². The summed E-state index contributed by atoms with van der Waals surface area (Å²) in [7, 11) is -2.22. The Morgan fingerprint density at radius 1 is 1.14 bits per heavy atom. The van der Waals surface area contributed by atoms with Crippen LogP contribution in [-0.2, 0) is 16.6 Å². The molecule has 0 N–H and O–H groups in total. The molecule has 0 amide bonds. The van der Waals surface area contributed by atoms with Crippen LogP contribution in [0, 0.1) is 5.82 Å². The largest absolute Gasteiger partial charge is 0.236 e. The highest BCUT2D eigenvalue weighted by Crippen LogP contribution is 2.14. The number of nitrogens with zero attached hydrogens (tertiary/aromatic N) is 1. The van der Waals surface area contributed by atoms with E-state index in [9.17, 15) is 12.8 Å². The summed E-state index contributed by atoms with van der Waals surface area (Å²) < 4.78 is 39.0. The van der Waals surface area contributed by atoms with Crippen LogP contribution in [-0.4, -0.2) is 19.8 Å². The molecular weight excluding hydrogens is 325 g/mol. The van der Waals surface area contributed by atoms with Gasteiger partial charge in [-0.05, 0) is 29.8 Å². The maximum absolute atomic E-state index is 13.6. The molecule has 2 aromatic carbocycles. The lowest BCUT2D eigenvalue weighted by molar-refractivity contribution is 0.464. The summed E-state index contributed by atoms with van der Waals surface area (Å²) in [6.07, 6.45) is 1.48. The van der Waals surface area contributed by atoms with E-state index in [1.54, 1.807) is 42.5 Å². The molecule has 0 aliphatic rings. The lowest BCUT2D eigenvalue weighted by Crippen LogP contribution is -2.24. The minimum atomic E-state index is -3.63. The van der Waals surface area contributed by atoms with Crippen LogP contribution in [0.4, 0.5) is 4.39 Å². The summed E-state index contributed by atoms with van der Waals surface area (Å²) in [6.45, 7) is -0.0278. The Morgan fingerprint density at radius 2 is 1.77 bits per heavy atom. The number of benzene rings is 2. The summed E-state index contributed by atoms with van der Waals surface area (Å²) in [5.41, 5.74) is 1.04. The third-order valence-corrected chi connectivity index (χ3v) is 4.82. The minimum Gasteiger partial charge on any atom is -0.208 e. The van der Waals surface area contributed by atoms with Crippen LogP contribution in [0.25, 0.3) is 6.08 Å². The van der Waals surface area contributed by atoms with Crippen molar-refractivity contribution in [3.63, 3.8) is 0 Å². The number of halogens is 2. The third kappa shape index (κ3) is 4.40. The molecule has 0 saturated heterocycles. The lowest BCUT2D eigenvalue weighted by Gasteiger charge is -2.15. The zero-order valence-electron chi connectivity index (χ0n) is 11.9. The van der Waals surface area contributed by atoms with Crippen LogP contribution in [0.2, 0.25) is 5.02 Å². The molecule has 0 unspecified atom stereocenters. The highest BCUT2D eigenvalue weighted by molar-refractivity contribution is 7.92. The molecule has 22 heavy (non-hydrogen) atoms. The number of hydrogen-bond acceptors (Lipinski definition) is 2. The fourth-order valence-corrected chi connectivity index (χ4v) is 2.78. The molecule has 0 fully saturated rings.